The number of rotatable bonds is 5. The van der Waals surface area contributed by atoms with E-state index in [2.05, 4.69) is 10.5 Å². The molecule has 0 saturated carbocycles. The zero-order valence-corrected chi connectivity index (χ0v) is 14.9. The number of amides is 1. The molecule has 3 rings (SSSR count). The van der Waals surface area contributed by atoms with E-state index in [9.17, 15) is 4.79 Å². The Morgan fingerprint density at radius 2 is 2.04 bits per heavy atom. The summed E-state index contributed by atoms with van der Waals surface area (Å²) in [4.78, 5) is 12.2. The highest BCUT2D eigenvalue weighted by atomic mass is 35.5. The quantitative estimate of drug-likeness (QED) is 0.641. The van der Waals surface area contributed by atoms with Crippen molar-refractivity contribution in [2.24, 2.45) is 5.10 Å². The van der Waals surface area contributed by atoms with Gasteiger partial charge in [0.05, 0.1) is 25.5 Å². The maximum atomic E-state index is 12.2. The number of ether oxygens (including phenoxy) is 4. The molecule has 1 heterocycles. The summed E-state index contributed by atoms with van der Waals surface area (Å²) in [6.45, 7) is 0.112. The first-order valence-electron chi connectivity index (χ1n) is 7.75. The second-order valence-electron chi connectivity index (χ2n) is 5.34. The topological polar surface area (TPSA) is 78.4 Å². The zero-order chi connectivity index (χ0) is 18.5. The molecule has 0 unspecified atom stereocenters. The summed E-state index contributed by atoms with van der Waals surface area (Å²) >= 11 is 6.13. The van der Waals surface area contributed by atoms with Gasteiger partial charge < -0.3 is 18.9 Å². The van der Waals surface area contributed by atoms with Crippen molar-refractivity contribution in [3.63, 3.8) is 0 Å². The second kappa shape index (κ2) is 7.97. The Balaban J connectivity index is 1.64. The molecule has 0 bridgehead atoms. The van der Waals surface area contributed by atoms with E-state index in [4.69, 9.17) is 30.5 Å². The lowest BCUT2D eigenvalue weighted by molar-refractivity contribution is -0.130. The molecular formula is C18H17ClN2O5. The molecule has 0 aromatic heterocycles. The standard InChI is InChI=1S/C18H17ClN2O5/c1-23-15-8-11(7-12(19)17(15)24-2)9-20-21-18(22)16-10-25-13-5-3-4-6-14(13)26-16/h3-9,16H,10H2,1-2H3,(H,21,22)/t16-/m1/s1. The molecule has 2 aromatic carbocycles. The van der Waals surface area contributed by atoms with Crippen LogP contribution in [0.3, 0.4) is 0 Å². The number of para-hydroxylation sites is 2. The van der Waals surface area contributed by atoms with Crippen molar-refractivity contribution in [2.45, 2.75) is 6.10 Å². The molecule has 1 N–H and O–H groups in total. The highest BCUT2D eigenvalue weighted by Gasteiger charge is 2.27. The minimum Gasteiger partial charge on any atom is -0.493 e. The fraction of sp³-hybridized carbons (Fsp3) is 0.222. The van der Waals surface area contributed by atoms with Crippen LogP contribution < -0.4 is 24.4 Å². The third-order valence-electron chi connectivity index (χ3n) is 3.65. The normalized spacial score (nSPS) is 15.6. The molecule has 26 heavy (non-hydrogen) atoms. The molecule has 136 valence electrons. The van der Waals surface area contributed by atoms with E-state index >= 15 is 0 Å². The van der Waals surface area contributed by atoms with Crippen molar-refractivity contribution in [1.29, 1.82) is 0 Å². The lowest BCUT2D eigenvalue weighted by Crippen LogP contribution is -2.42. The van der Waals surface area contributed by atoms with Gasteiger partial charge in [0, 0.05) is 0 Å². The Hall–Kier alpha value is -2.93. The number of hydrogen-bond acceptors (Lipinski definition) is 6. The molecule has 0 saturated heterocycles. The Bertz CT molecular complexity index is 840. The Kier molecular flexibility index (Phi) is 5.48. The van der Waals surface area contributed by atoms with Crippen molar-refractivity contribution >= 4 is 23.7 Å². The molecule has 7 nitrogen and oxygen atoms in total. The maximum absolute atomic E-state index is 12.2. The van der Waals surface area contributed by atoms with Gasteiger partial charge in [-0.3, -0.25) is 4.79 Å². The lowest BCUT2D eigenvalue weighted by Gasteiger charge is -2.24. The van der Waals surface area contributed by atoms with Crippen LogP contribution in [-0.2, 0) is 4.79 Å². The molecule has 1 amide bonds. The maximum Gasteiger partial charge on any atom is 0.284 e. The van der Waals surface area contributed by atoms with Gasteiger partial charge in [0.2, 0.25) is 6.10 Å². The van der Waals surface area contributed by atoms with Gasteiger partial charge in [0.1, 0.15) is 6.61 Å². The van der Waals surface area contributed by atoms with Gasteiger partial charge in [-0.25, -0.2) is 5.43 Å². The molecule has 1 aliphatic rings. The van der Waals surface area contributed by atoms with Crippen molar-refractivity contribution < 1.29 is 23.7 Å². The second-order valence-corrected chi connectivity index (χ2v) is 5.74. The van der Waals surface area contributed by atoms with Gasteiger partial charge in [0.15, 0.2) is 23.0 Å². The van der Waals surface area contributed by atoms with Crippen LogP contribution in [0.2, 0.25) is 5.02 Å². The van der Waals surface area contributed by atoms with E-state index in [-0.39, 0.29) is 6.61 Å². The van der Waals surface area contributed by atoms with Crippen molar-refractivity contribution in [2.75, 3.05) is 20.8 Å². The first kappa shape index (κ1) is 17.9. The first-order chi connectivity index (χ1) is 12.6. The van der Waals surface area contributed by atoms with E-state index in [1.165, 1.54) is 20.4 Å². The third-order valence-corrected chi connectivity index (χ3v) is 3.93. The average Bonchev–Trinajstić information content (AvgIpc) is 2.67. The Morgan fingerprint density at radius 1 is 1.27 bits per heavy atom. The van der Waals surface area contributed by atoms with Gasteiger partial charge in [-0.05, 0) is 29.8 Å². The first-order valence-corrected chi connectivity index (χ1v) is 8.13. The molecule has 2 aromatic rings. The molecule has 1 atom stereocenters. The van der Waals surface area contributed by atoms with Crippen LogP contribution in [0.5, 0.6) is 23.0 Å². The third kappa shape index (κ3) is 3.83. The monoisotopic (exact) mass is 376 g/mol. The molecule has 0 fully saturated rings. The van der Waals surface area contributed by atoms with Crippen LogP contribution in [0.4, 0.5) is 0 Å². The lowest BCUT2D eigenvalue weighted by atomic mass is 10.2. The van der Waals surface area contributed by atoms with Crippen molar-refractivity contribution in [3.8, 4) is 23.0 Å². The van der Waals surface area contributed by atoms with Crippen LogP contribution in [0, 0.1) is 0 Å². The number of methoxy groups -OCH3 is 2. The summed E-state index contributed by atoms with van der Waals surface area (Å²) < 4.78 is 21.5. The summed E-state index contributed by atoms with van der Waals surface area (Å²) in [6, 6.07) is 10.5. The number of benzene rings is 2. The van der Waals surface area contributed by atoms with E-state index < -0.39 is 12.0 Å². The number of nitrogens with zero attached hydrogens (tertiary/aromatic N) is 1. The highest BCUT2D eigenvalue weighted by molar-refractivity contribution is 6.32. The number of fused-ring (bicyclic) bond motifs is 1. The van der Waals surface area contributed by atoms with Crippen LogP contribution in [-0.4, -0.2) is 39.1 Å². The summed E-state index contributed by atoms with van der Waals surface area (Å²) in [5.74, 6) is 1.62. The fourth-order valence-corrected chi connectivity index (χ4v) is 2.70. The van der Waals surface area contributed by atoms with E-state index in [0.717, 1.165) is 0 Å². The number of hydrogen-bond donors (Lipinski definition) is 1. The van der Waals surface area contributed by atoms with Gasteiger partial charge in [-0.15, -0.1) is 0 Å². The van der Waals surface area contributed by atoms with E-state index in [1.54, 1.807) is 30.3 Å². The number of halogens is 1. The molecule has 0 radical (unpaired) electrons. The minimum absolute atomic E-state index is 0.112. The smallest absolute Gasteiger partial charge is 0.284 e. The van der Waals surface area contributed by atoms with Gasteiger partial charge in [0.25, 0.3) is 5.91 Å². The summed E-state index contributed by atoms with van der Waals surface area (Å²) in [5.41, 5.74) is 3.07. The number of carbonyl (C=O) groups is 1. The summed E-state index contributed by atoms with van der Waals surface area (Å²) in [6.07, 6.45) is 0.666. The average molecular weight is 377 g/mol. The van der Waals surface area contributed by atoms with E-state index in [1.807, 2.05) is 6.07 Å². The number of nitrogens with one attached hydrogen (secondary N) is 1. The number of carbonyl (C=O) groups excluding carboxylic acids is 1. The van der Waals surface area contributed by atoms with E-state index in [0.29, 0.717) is 33.6 Å². The zero-order valence-electron chi connectivity index (χ0n) is 14.2. The molecule has 1 aliphatic heterocycles. The highest BCUT2D eigenvalue weighted by Crippen LogP contribution is 2.35. The minimum atomic E-state index is -0.781. The Labute approximate surface area is 155 Å². The molecule has 0 aliphatic carbocycles. The van der Waals surface area contributed by atoms with Crippen LogP contribution in [0.1, 0.15) is 5.56 Å². The van der Waals surface area contributed by atoms with Gasteiger partial charge in [-0.1, -0.05) is 23.7 Å². The molecule has 8 heteroatoms. The number of hydrazone groups is 1. The van der Waals surface area contributed by atoms with Crippen LogP contribution >= 0.6 is 11.6 Å². The van der Waals surface area contributed by atoms with Crippen LogP contribution in [0.25, 0.3) is 0 Å². The Morgan fingerprint density at radius 3 is 2.77 bits per heavy atom. The van der Waals surface area contributed by atoms with Crippen molar-refractivity contribution in [1.82, 2.24) is 5.43 Å². The largest absolute Gasteiger partial charge is 0.493 e. The predicted octanol–water partition coefficient (Wildman–Crippen LogP) is 2.65. The molecular weight excluding hydrogens is 360 g/mol. The predicted molar refractivity (Wildman–Crippen MR) is 96.6 cm³/mol. The van der Waals surface area contributed by atoms with Gasteiger partial charge >= 0.3 is 0 Å². The van der Waals surface area contributed by atoms with Crippen molar-refractivity contribution in [3.05, 3.63) is 47.0 Å². The summed E-state index contributed by atoms with van der Waals surface area (Å²) in [5, 5.41) is 4.30. The molecule has 0 spiro atoms. The summed E-state index contributed by atoms with van der Waals surface area (Å²) in [7, 11) is 3.01. The van der Waals surface area contributed by atoms with Gasteiger partial charge in [-0.2, -0.15) is 5.10 Å². The SMILES string of the molecule is COc1cc(C=NNC(=O)[C@H]2COc3ccccc3O2)cc(Cl)c1OC. The van der Waals surface area contributed by atoms with Crippen LogP contribution in [0.15, 0.2) is 41.5 Å². The fourth-order valence-electron chi connectivity index (χ4n) is 2.40.